The molecule has 10 heteroatoms. The Hall–Kier alpha value is -2.66. The first-order valence-corrected chi connectivity index (χ1v) is 11.5. The number of rotatable bonds is 8. The fourth-order valence-corrected chi connectivity index (χ4v) is 4.20. The van der Waals surface area contributed by atoms with Gasteiger partial charge in [0.05, 0.1) is 31.6 Å². The van der Waals surface area contributed by atoms with Crippen LogP contribution >= 0.6 is 0 Å². The molecular weight excluding hydrogens is 426 g/mol. The van der Waals surface area contributed by atoms with Gasteiger partial charge in [0, 0.05) is 57.0 Å². The molecule has 0 unspecified atom stereocenters. The highest BCUT2D eigenvalue weighted by Gasteiger charge is 2.31. The Kier molecular flexibility index (Phi) is 8.16. The number of nitrogens with one attached hydrogen (secondary N) is 3. The summed E-state index contributed by atoms with van der Waals surface area (Å²) >= 11 is 0. The molecule has 0 spiro atoms. The van der Waals surface area contributed by atoms with Crippen LogP contribution in [0.3, 0.4) is 0 Å². The maximum Gasteiger partial charge on any atom is 0.319 e. The highest BCUT2D eigenvalue weighted by Crippen LogP contribution is 2.23. The van der Waals surface area contributed by atoms with Gasteiger partial charge in [0.25, 0.3) is 0 Å². The van der Waals surface area contributed by atoms with Gasteiger partial charge in [-0.1, -0.05) is 11.2 Å². The molecule has 2 aliphatic rings. The molecule has 2 aromatic rings. The van der Waals surface area contributed by atoms with Gasteiger partial charge in [-0.3, -0.25) is 4.90 Å². The number of benzene rings is 1. The Balaban J connectivity index is 1.23. The number of hydrogen-bond acceptors (Lipinski definition) is 8. The van der Waals surface area contributed by atoms with Gasteiger partial charge in [-0.15, -0.1) is 0 Å². The molecule has 2 saturated heterocycles. The summed E-state index contributed by atoms with van der Waals surface area (Å²) in [6, 6.07) is 8.74. The van der Waals surface area contributed by atoms with Crippen molar-refractivity contribution in [3.63, 3.8) is 0 Å². The number of aliphatic hydroxyl groups excluding tert-OH is 1. The molecule has 0 bridgehead atoms. The third-order valence-electron chi connectivity index (χ3n) is 6.01. The summed E-state index contributed by atoms with van der Waals surface area (Å²) < 4.78 is 16.8. The number of ether oxygens (including phenoxy) is 2. The monoisotopic (exact) mass is 459 g/mol. The molecule has 2 amide bonds. The van der Waals surface area contributed by atoms with E-state index in [1.165, 1.54) is 0 Å². The van der Waals surface area contributed by atoms with E-state index in [9.17, 15) is 9.90 Å². The fourth-order valence-electron chi connectivity index (χ4n) is 4.20. The summed E-state index contributed by atoms with van der Waals surface area (Å²) in [5, 5.41) is 23.4. The van der Waals surface area contributed by atoms with Crippen molar-refractivity contribution in [2.24, 2.45) is 0 Å². The highest BCUT2D eigenvalue weighted by molar-refractivity contribution is 5.89. The lowest BCUT2D eigenvalue weighted by Gasteiger charge is -2.33. The highest BCUT2D eigenvalue weighted by atomic mass is 16.5. The zero-order chi connectivity index (χ0) is 23.0. The first kappa shape index (κ1) is 23.5. The minimum absolute atomic E-state index is 0.0845. The largest absolute Gasteiger partial charge is 0.497 e. The van der Waals surface area contributed by atoms with Crippen molar-refractivity contribution in [2.45, 2.75) is 44.1 Å². The van der Waals surface area contributed by atoms with Crippen LogP contribution in [0.4, 0.5) is 10.5 Å². The van der Waals surface area contributed by atoms with Crippen LogP contribution in [0.15, 0.2) is 34.9 Å². The number of carbonyl (C=O) groups excluding carboxylic acids is 1. The second-order valence-corrected chi connectivity index (χ2v) is 8.52. The van der Waals surface area contributed by atoms with Crippen LogP contribution in [-0.2, 0) is 17.7 Å². The van der Waals surface area contributed by atoms with E-state index in [1.54, 1.807) is 31.4 Å². The average molecular weight is 460 g/mol. The Labute approximate surface area is 193 Å². The number of methoxy groups -OCH3 is 1. The van der Waals surface area contributed by atoms with Crippen molar-refractivity contribution in [1.82, 2.24) is 20.7 Å². The van der Waals surface area contributed by atoms with Gasteiger partial charge in [0.2, 0.25) is 0 Å². The predicted octanol–water partition coefficient (Wildman–Crippen LogP) is 1.36. The molecule has 1 aromatic heterocycles. The second-order valence-electron chi connectivity index (χ2n) is 8.52. The van der Waals surface area contributed by atoms with Gasteiger partial charge in [0.15, 0.2) is 5.76 Å². The summed E-state index contributed by atoms with van der Waals surface area (Å²) in [6.45, 7) is 4.95. The van der Waals surface area contributed by atoms with Crippen molar-refractivity contribution in [3.05, 3.63) is 41.8 Å². The number of nitrogens with zero attached hydrogens (tertiary/aromatic N) is 2. The zero-order valence-corrected chi connectivity index (χ0v) is 19.0. The van der Waals surface area contributed by atoms with E-state index < -0.39 is 12.2 Å². The maximum absolute atomic E-state index is 12.3. The first-order chi connectivity index (χ1) is 16.1. The van der Waals surface area contributed by atoms with Gasteiger partial charge >= 0.3 is 6.03 Å². The zero-order valence-electron chi connectivity index (χ0n) is 19.0. The number of carbonyl (C=O) groups is 1. The van der Waals surface area contributed by atoms with Crippen molar-refractivity contribution in [1.29, 1.82) is 0 Å². The Morgan fingerprint density at radius 3 is 2.97 bits per heavy atom. The van der Waals surface area contributed by atoms with Gasteiger partial charge < -0.3 is 35.1 Å². The fraction of sp³-hybridized carbons (Fsp3) is 0.565. The molecule has 180 valence electrons. The number of aliphatic hydroxyl groups is 1. The van der Waals surface area contributed by atoms with Crippen molar-refractivity contribution in [3.8, 4) is 5.75 Å². The van der Waals surface area contributed by atoms with E-state index >= 15 is 0 Å². The number of hydrogen-bond donors (Lipinski definition) is 4. The molecule has 10 nitrogen and oxygen atoms in total. The molecule has 0 aliphatic carbocycles. The summed E-state index contributed by atoms with van der Waals surface area (Å²) in [6.07, 6.45) is 0.766. The Bertz CT molecular complexity index is 901. The SMILES string of the molecule is COc1cccc(NC(=O)NC[C@H]2O[C@H](Cc3cc(CN4CCNCC4)on3)CC[C@@H]2O)c1. The van der Waals surface area contributed by atoms with Crippen LogP contribution in [-0.4, -0.2) is 79.3 Å². The second kappa shape index (κ2) is 11.5. The lowest BCUT2D eigenvalue weighted by molar-refractivity contribution is -0.113. The maximum atomic E-state index is 12.3. The summed E-state index contributed by atoms with van der Waals surface area (Å²) in [7, 11) is 1.57. The smallest absolute Gasteiger partial charge is 0.319 e. The van der Waals surface area contributed by atoms with Gasteiger partial charge in [-0.2, -0.15) is 0 Å². The molecule has 1 aromatic carbocycles. The molecule has 33 heavy (non-hydrogen) atoms. The summed E-state index contributed by atoms with van der Waals surface area (Å²) in [5.41, 5.74) is 1.47. The summed E-state index contributed by atoms with van der Waals surface area (Å²) in [5.74, 6) is 1.51. The number of piperazine rings is 1. The molecule has 3 heterocycles. The van der Waals surface area contributed by atoms with Gasteiger partial charge in [-0.25, -0.2) is 4.79 Å². The molecular formula is C23H33N5O5. The van der Waals surface area contributed by atoms with Crippen LogP contribution in [0.25, 0.3) is 0 Å². The predicted molar refractivity (Wildman–Crippen MR) is 122 cm³/mol. The Morgan fingerprint density at radius 2 is 2.15 bits per heavy atom. The van der Waals surface area contributed by atoms with Crippen LogP contribution in [0.1, 0.15) is 24.3 Å². The van der Waals surface area contributed by atoms with Crippen LogP contribution in [0, 0.1) is 0 Å². The van der Waals surface area contributed by atoms with Crippen molar-refractivity contribution in [2.75, 3.05) is 45.2 Å². The lowest BCUT2D eigenvalue weighted by atomic mass is 9.98. The number of anilines is 1. The number of amides is 2. The topological polar surface area (TPSA) is 121 Å². The summed E-state index contributed by atoms with van der Waals surface area (Å²) in [4.78, 5) is 14.6. The normalized spacial score (nSPS) is 23.8. The van der Waals surface area contributed by atoms with Gasteiger partial charge in [-0.05, 0) is 25.0 Å². The standard InChI is InChI=1S/C23H33N5O5/c1-31-18-4-2-3-16(11-18)26-23(30)25-14-22-21(29)6-5-19(32-22)12-17-13-20(33-27-17)15-28-9-7-24-8-10-28/h2-4,11,13,19,21-22,24,29H,5-10,12,14-15H2,1H3,(H2,25,26,30)/t19-,21-,22+/m0/s1. The van der Waals surface area contributed by atoms with Crippen molar-refractivity contribution < 1.29 is 23.9 Å². The third kappa shape index (κ3) is 6.91. The van der Waals surface area contributed by atoms with E-state index in [0.717, 1.165) is 50.6 Å². The lowest BCUT2D eigenvalue weighted by Crippen LogP contribution is -2.47. The van der Waals surface area contributed by atoms with E-state index in [1.807, 2.05) is 6.07 Å². The molecule has 0 radical (unpaired) electrons. The molecule has 0 saturated carbocycles. The van der Waals surface area contributed by atoms with Crippen LogP contribution < -0.4 is 20.7 Å². The van der Waals surface area contributed by atoms with Crippen LogP contribution in [0.5, 0.6) is 5.75 Å². The Morgan fingerprint density at radius 1 is 1.30 bits per heavy atom. The molecule has 2 fully saturated rings. The molecule has 2 aliphatic heterocycles. The minimum Gasteiger partial charge on any atom is -0.497 e. The van der Waals surface area contributed by atoms with Crippen molar-refractivity contribution >= 4 is 11.7 Å². The van der Waals surface area contributed by atoms with Crippen LogP contribution in [0.2, 0.25) is 0 Å². The van der Waals surface area contributed by atoms with E-state index in [0.29, 0.717) is 24.3 Å². The quantitative estimate of drug-likeness (QED) is 0.467. The molecule has 3 atom stereocenters. The first-order valence-electron chi connectivity index (χ1n) is 11.5. The molecule has 4 rings (SSSR count). The number of urea groups is 1. The van der Waals surface area contributed by atoms with E-state index in [-0.39, 0.29) is 18.7 Å². The number of aromatic nitrogens is 1. The van der Waals surface area contributed by atoms with E-state index in [2.05, 4.69) is 26.0 Å². The third-order valence-corrected chi connectivity index (χ3v) is 6.01. The molecule has 4 N–H and O–H groups in total. The van der Waals surface area contributed by atoms with Gasteiger partial charge in [0.1, 0.15) is 11.9 Å². The minimum atomic E-state index is -0.626. The average Bonchev–Trinajstić information content (AvgIpc) is 3.26. The van der Waals surface area contributed by atoms with E-state index in [4.69, 9.17) is 14.0 Å².